The lowest BCUT2D eigenvalue weighted by molar-refractivity contribution is 0.0553. The Kier molecular flexibility index (Phi) is 6.34. The van der Waals surface area contributed by atoms with Crippen LogP contribution in [0.5, 0.6) is 0 Å². The van der Waals surface area contributed by atoms with Gasteiger partial charge in [-0.3, -0.25) is 4.98 Å². The normalized spacial score (nSPS) is 15.4. The first-order valence-electron chi connectivity index (χ1n) is 12.0. The highest BCUT2D eigenvalue weighted by molar-refractivity contribution is 9.10. The molecule has 6 rings (SSSR count). The fourth-order valence-corrected chi connectivity index (χ4v) is 6.54. The number of aromatic carboxylic acids is 1. The van der Waals surface area contributed by atoms with E-state index in [-0.39, 0.29) is 11.6 Å². The lowest BCUT2D eigenvalue weighted by Crippen LogP contribution is -2.27. The van der Waals surface area contributed by atoms with Crippen molar-refractivity contribution >= 4 is 59.8 Å². The SMILES string of the molecule is Cn1nnc(Br)c1-c1cnc2c3cc(Br)c(C(=O)O)cc3n([C@H](c3ccccc3)C3CCOCC3)c2c1. The summed E-state index contributed by atoms with van der Waals surface area (Å²) in [6, 6.07) is 16.1. The van der Waals surface area contributed by atoms with Crippen LogP contribution < -0.4 is 0 Å². The van der Waals surface area contributed by atoms with Gasteiger partial charge in [0, 0.05) is 41.9 Å². The molecule has 1 aliphatic heterocycles. The summed E-state index contributed by atoms with van der Waals surface area (Å²) in [7, 11) is 1.85. The van der Waals surface area contributed by atoms with E-state index in [9.17, 15) is 9.90 Å². The average molecular weight is 625 g/mol. The molecule has 0 unspecified atom stereocenters. The van der Waals surface area contributed by atoms with Crippen molar-refractivity contribution in [1.82, 2.24) is 24.5 Å². The molecule has 0 saturated carbocycles. The highest BCUT2D eigenvalue weighted by Crippen LogP contribution is 2.42. The topological polar surface area (TPSA) is 95.1 Å². The maximum atomic E-state index is 12.1. The van der Waals surface area contributed by atoms with Crippen LogP contribution in [-0.2, 0) is 11.8 Å². The van der Waals surface area contributed by atoms with Gasteiger partial charge in [-0.05, 0) is 74.4 Å². The first-order valence-corrected chi connectivity index (χ1v) is 13.6. The molecule has 0 bridgehead atoms. The van der Waals surface area contributed by atoms with Crippen LogP contribution in [0, 0.1) is 5.92 Å². The first kappa shape index (κ1) is 24.3. The number of pyridine rings is 1. The number of carboxylic acids is 1. The molecule has 0 radical (unpaired) electrons. The molecule has 0 aliphatic carbocycles. The molecule has 1 saturated heterocycles. The van der Waals surface area contributed by atoms with Crippen molar-refractivity contribution in [3.8, 4) is 11.3 Å². The van der Waals surface area contributed by atoms with Gasteiger partial charge in [0.05, 0.1) is 28.2 Å². The molecule has 1 N–H and O–H groups in total. The number of nitrogens with zero attached hydrogens (tertiary/aromatic N) is 5. The molecule has 0 spiro atoms. The van der Waals surface area contributed by atoms with E-state index in [1.54, 1.807) is 10.7 Å². The van der Waals surface area contributed by atoms with Gasteiger partial charge in [-0.2, -0.15) is 0 Å². The fraction of sp³-hybridized carbons (Fsp3) is 0.259. The van der Waals surface area contributed by atoms with E-state index >= 15 is 0 Å². The van der Waals surface area contributed by atoms with Gasteiger partial charge in [0.2, 0.25) is 0 Å². The van der Waals surface area contributed by atoms with E-state index in [2.05, 4.69) is 77.1 Å². The van der Waals surface area contributed by atoms with Gasteiger partial charge in [0.25, 0.3) is 0 Å². The minimum Gasteiger partial charge on any atom is -0.478 e. The minimum atomic E-state index is -0.980. The molecule has 10 heteroatoms. The van der Waals surface area contributed by atoms with Crippen LogP contribution in [0.25, 0.3) is 33.2 Å². The number of carbonyl (C=O) groups is 1. The highest BCUT2D eigenvalue weighted by atomic mass is 79.9. The second-order valence-corrected chi connectivity index (χ2v) is 10.9. The molecule has 0 amide bonds. The molecule has 4 heterocycles. The smallest absolute Gasteiger partial charge is 0.336 e. The van der Waals surface area contributed by atoms with E-state index in [0.717, 1.165) is 46.0 Å². The maximum Gasteiger partial charge on any atom is 0.336 e. The summed E-state index contributed by atoms with van der Waals surface area (Å²) < 4.78 is 10.9. The lowest BCUT2D eigenvalue weighted by atomic mass is 9.86. The third-order valence-electron chi connectivity index (χ3n) is 7.15. The van der Waals surface area contributed by atoms with Crippen LogP contribution in [-0.4, -0.2) is 48.8 Å². The summed E-state index contributed by atoms with van der Waals surface area (Å²) in [4.78, 5) is 17.0. The molecular formula is C27H23Br2N5O3. The second-order valence-electron chi connectivity index (χ2n) is 9.27. The van der Waals surface area contributed by atoms with Crippen molar-refractivity contribution in [2.24, 2.45) is 13.0 Å². The van der Waals surface area contributed by atoms with E-state index in [1.165, 1.54) is 5.56 Å². The van der Waals surface area contributed by atoms with Crippen LogP contribution in [0.15, 0.2) is 63.8 Å². The minimum absolute atomic E-state index is 0.0296. The zero-order chi connectivity index (χ0) is 25.7. The lowest BCUT2D eigenvalue weighted by Gasteiger charge is -2.33. The van der Waals surface area contributed by atoms with Crippen LogP contribution in [0.1, 0.15) is 34.8 Å². The Morgan fingerprint density at radius 1 is 1.11 bits per heavy atom. The Bertz CT molecular complexity index is 1620. The number of hydrogen-bond acceptors (Lipinski definition) is 5. The van der Waals surface area contributed by atoms with E-state index in [0.29, 0.717) is 28.2 Å². The van der Waals surface area contributed by atoms with Gasteiger partial charge in [0.15, 0.2) is 4.60 Å². The van der Waals surface area contributed by atoms with Gasteiger partial charge in [-0.25, -0.2) is 9.48 Å². The van der Waals surface area contributed by atoms with Gasteiger partial charge < -0.3 is 14.4 Å². The highest BCUT2D eigenvalue weighted by Gasteiger charge is 2.31. The average Bonchev–Trinajstić information content (AvgIpc) is 3.40. The summed E-state index contributed by atoms with van der Waals surface area (Å²) in [5.41, 5.74) is 5.65. The Labute approximate surface area is 229 Å². The number of aromatic nitrogens is 5. The van der Waals surface area contributed by atoms with Crippen LogP contribution in [0.2, 0.25) is 0 Å². The number of benzene rings is 2. The van der Waals surface area contributed by atoms with Crippen molar-refractivity contribution < 1.29 is 14.6 Å². The Hall–Kier alpha value is -3.08. The molecule has 2 aromatic carbocycles. The number of aryl methyl sites for hydroxylation is 1. The Balaban J connectivity index is 1.71. The molecule has 5 aromatic rings. The third kappa shape index (κ3) is 4.17. The number of halogens is 2. The number of ether oxygens (including phenoxy) is 1. The zero-order valence-electron chi connectivity index (χ0n) is 19.9. The van der Waals surface area contributed by atoms with Crippen molar-refractivity contribution in [2.75, 3.05) is 13.2 Å². The summed E-state index contributed by atoms with van der Waals surface area (Å²) in [5, 5.41) is 19.1. The standard InChI is InChI=1S/C27H23Br2N5O3/c1-33-25(26(29)31-32-33)17-11-22-23(30-14-17)19-12-20(28)18(27(35)36)13-21(19)34(22)24(15-5-3-2-4-6-15)16-7-9-37-10-8-16/h2-6,11-14,16,24H,7-10H2,1H3,(H,35,36)/t24-/m1/s1. The largest absolute Gasteiger partial charge is 0.478 e. The summed E-state index contributed by atoms with van der Waals surface area (Å²) in [6.07, 6.45) is 3.64. The number of rotatable bonds is 5. The maximum absolute atomic E-state index is 12.1. The van der Waals surface area contributed by atoms with Crippen molar-refractivity contribution in [3.63, 3.8) is 0 Å². The quantitative estimate of drug-likeness (QED) is 0.249. The molecule has 188 valence electrons. The molecule has 1 fully saturated rings. The van der Waals surface area contributed by atoms with Crippen LogP contribution >= 0.6 is 31.9 Å². The predicted molar refractivity (Wildman–Crippen MR) is 148 cm³/mol. The molecule has 37 heavy (non-hydrogen) atoms. The molecular weight excluding hydrogens is 602 g/mol. The third-order valence-corrected chi connectivity index (χ3v) is 8.34. The fourth-order valence-electron chi connectivity index (χ4n) is 5.47. The monoisotopic (exact) mass is 623 g/mol. The summed E-state index contributed by atoms with van der Waals surface area (Å²) in [6.45, 7) is 1.41. The Morgan fingerprint density at radius 3 is 2.54 bits per heavy atom. The molecule has 1 atom stereocenters. The molecule has 3 aromatic heterocycles. The second kappa shape index (κ2) is 9.66. The predicted octanol–water partition coefficient (Wildman–Crippen LogP) is 6.22. The van der Waals surface area contributed by atoms with Crippen molar-refractivity contribution in [1.29, 1.82) is 0 Å². The van der Waals surface area contributed by atoms with Crippen molar-refractivity contribution in [3.05, 3.63) is 74.9 Å². The van der Waals surface area contributed by atoms with E-state index in [1.807, 2.05) is 25.4 Å². The van der Waals surface area contributed by atoms with Gasteiger partial charge >= 0.3 is 5.97 Å². The van der Waals surface area contributed by atoms with Crippen LogP contribution in [0.4, 0.5) is 0 Å². The zero-order valence-corrected chi connectivity index (χ0v) is 23.1. The molecule has 1 aliphatic rings. The summed E-state index contributed by atoms with van der Waals surface area (Å²) in [5.74, 6) is -0.674. The number of hydrogen-bond donors (Lipinski definition) is 1. The number of fused-ring (bicyclic) bond motifs is 3. The van der Waals surface area contributed by atoms with E-state index in [4.69, 9.17) is 9.72 Å². The first-order chi connectivity index (χ1) is 17.9. The van der Waals surface area contributed by atoms with Gasteiger partial charge in [-0.1, -0.05) is 35.5 Å². The van der Waals surface area contributed by atoms with Crippen molar-refractivity contribution in [2.45, 2.75) is 18.9 Å². The van der Waals surface area contributed by atoms with Crippen LogP contribution in [0.3, 0.4) is 0 Å². The van der Waals surface area contributed by atoms with E-state index < -0.39 is 5.97 Å². The summed E-state index contributed by atoms with van der Waals surface area (Å²) >= 11 is 7.00. The number of carboxylic acid groups (broad SMARTS) is 1. The Morgan fingerprint density at radius 2 is 1.86 bits per heavy atom. The van der Waals surface area contributed by atoms with Gasteiger partial charge in [0.1, 0.15) is 5.69 Å². The van der Waals surface area contributed by atoms with Gasteiger partial charge in [-0.15, -0.1) is 5.10 Å². The molecule has 8 nitrogen and oxygen atoms in total.